The van der Waals surface area contributed by atoms with Crippen molar-refractivity contribution in [2.45, 2.75) is 226 Å². The summed E-state index contributed by atoms with van der Waals surface area (Å²) in [6.45, 7) is 4.88. The number of carbonyl (C=O) groups excluding carboxylic acids is 1. The lowest BCUT2D eigenvalue weighted by Gasteiger charge is -2.14. The molecule has 0 saturated heterocycles. The Balaban J connectivity index is 2.13. The predicted octanol–water partition coefficient (Wildman–Crippen LogP) is 14.0. The molecule has 0 heterocycles. The third-order valence-corrected chi connectivity index (χ3v) is 10.1. The van der Waals surface area contributed by atoms with Crippen LogP contribution in [0.25, 0.3) is 0 Å². The first kappa shape index (κ1) is 44.1. The molecule has 0 unspecified atom stereocenters. The van der Waals surface area contributed by atoms with Crippen LogP contribution < -0.4 is 0 Å². The highest BCUT2D eigenvalue weighted by Crippen LogP contribution is 2.40. The van der Waals surface area contributed by atoms with Crippen LogP contribution in [0, 0.1) is 0 Å². The Labute approximate surface area is 297 Å². The molecule has 0 radical (unpaired) electrons. The molecular formula is C43H78O5. The van der Waals surface area contributed by atoms with Gasteiger partial charge in [0, 0.05) is 5.56 Å². The van der Waals surface area contributed by atoms with Crippen molar-refractivity contribution in [2.75, 3.05) is 6.61 Å². The number of ether oxygens (including phenoxy) is 1. The van der Waals surface area contributed by atoms with Gasteiger partial charge in [-0.05, 0) is 25.3 Å². The molecule has 0 aliphatic rings. The minimum Gasteiger partial charge on any atom is -0.504 e. The number of unbranched alkanes of at least 4 members (excludes halogenated alkanes) is 30. The third kappa shape index (κ3) is 23.4. The minimum atomic E-state index is -0.559. The molecule has 0 spiro atoms. The van der Waals surface area contributed by atoms with Gasteiger partial charge in [0.25, 0.3) is 0 Å². The molecule has 1 aromatic rings. The van der Waals surface area contributed by atoms with Gasteiger partial charge in [-0.1, -0.05) is 206 Å². The van der Waals surface area contributed by atoms with Crippen molar-refractivity contribution < 1.29 is 24.9 Å². The average Bonchev–Trinajstić information content (AvgIpc) is 3.09. The van der Waals surface area contributed by atoms with Gasteiger partial charge in [0.2, 0.25) is 5.75 Å². The van der Waals surface area contributed by atoms with Gasteiger partial charge in [-0.3, -0.25) is 0 Å². The molecule has 1 aromatic carbocycles. The minimum absolute atomic E-state index is 0.167. The van der Waals surface area contributed by atoms with Crippen LogP contribution in [0.3, 0.4) is 0 Å². The molecule has 0 saturated carbocycles. The summed E-state index contributed by atoms with van der Waals surface area (Å²) in [5.74, 6) is -1.98. The van der Waals surface area contributed by atoms with E-state index in [4.69, 9.17) is 4.74 Å². The van der Waals surface area contributed by atoms with Gasteiger partial charge >= 0.3 is 5.97 Å². The quantitative estimate of drug-likeness (QED) is 0.0379. The smallest absolute Gasteiger partial charge is 0.338 e. The normalized spacial score (nSPS) is 11.4. The SMILES string of the molecule is CCCCCCCCCCCCCCCCCCOC(=O)c1cc(O)c(O)c(O)c1CCCCCCCCCCCCCCCCCC. The molecule has 5 nitrogen and oxygen atoms in total. The van der Waals surface area contributed by atoms with E-state index in [9.17, 15) is 20.1 Å². The van der Waals surface area contributed by atoms with Gasteiger partial charge in [0.15, 0.2) is 11.5 Å². The van der Waals surface area contributed by atoms with E-state index < -0.39 is 23.2 Å². The van der Waals surface area contributed by atoms with Crippen LogP contribution in [-0.2, 0) is 11.2 Å². The summed E-state index contributed by atoms with van der Waals surface area (Å²) in [6.07, 6.45) is 41.7. The van der Waals surface area contributed by atoms with Crippen LogP contribution in [-0.4, -0.2) is 27.9 Å². The Bertz CT molecular complexity index is 882. The van der Waals surface area contributed by atoms with Crippen LogP contribution in [0.2, 0.25) is 0 Å². The lowest BCUT2D eigenvalue weighted by atomic mass is 9.98. The van der Waals surface area contributed by atoms with Crippen LogP contribution in [0.4, 0.5) is 0 Å². The van der Waals surface area contributed by atoms with Crippen molar-refractivity contribution in [1.29, 1.82) is 0 Å². The first-order chi connectivity index (χ1) is 23.5. The second kappa shape index (κ2) is 32.3. The summed E-state index contributed by atoms with van der Waals surface area (Å²) in [5.41, 5.74) is 0.549. The third-order valence-electron chi connectivity index (χ3n) is 10.1. The Hall–Kier alpha value is -1.91. The number of benzene rings is 1. The maximum Gasteiger partial charge on any atom is 0.338 e. The molecule has 0 amide bonds. The topological polar surface area (TPSA) is 87.0 Å². The zero-order valence-electron chi connectivity index (χ0n) is 31.8. The Morgan fingerprint density at radius 2 is 0.771 bits per heavy atom. The summed E-state index contributed by atoms with van der Waals surface area (Å²) >= 11 is 0. The molecule has 3 N–H and O–H groups in total. The van der Waals surface area contributed by atoms with E-state index in [-0.39, 0.29) is 5.56 Å². The average molecular weight is 675 g/mol. The largest absolute Gasteiger partial charge is 0.504 e. The first-order valence-electron chi connectivity index (χ1n) is 21.0. The monoisotopic (exact) mass is 675 g/mol. The molecule has 0 aliphatic heterocycles. The number of phenolic OH excluding ortho intramolecular Hbond substituents is 3. The zero-order valence-corrected chi connectivity index (χ0v) is 31.8. The molecule has 5 heteroatoms. The Kier molecular flexibility index (Phi) is 29.7. The van der Waals surface area contributed by atoms with E-state index in [0.717, 1.165) is 38.5 Å². The van der Waals surface area contributed by atoms with Crippen LogP contribution in [0.5, 0.6) is 17.2 Å². The molecular weight excluding hydrogens is 596 g/mol. The molecule has 280 valence electrons. The van der Waals surface area contributed by atoms with Gasteiger partial charge in [-0.15, -0.1) is 0 Å². The fraction of sp³-hybridized carbons (Fsp3) is 0.837. The molecule has 48 heavy (non-hydrogen) atoms. The van der Waals surface area contributed by atoms with Gasteiger partial charge in [0.1, 0.15) is 0 Å². The van der Waals surface area contributed by atoms with Gasteiger partial charge in [-0.25, -0.2) is 4.79 Å². The summed E-state index contributed by atoms with van der Waals surface area (Å²) in [6, 6.07) is 1.24. The summed E-state index contributed by atoms with van der Waals surface area (Å²) in [7, 11) is 0. The van der Waals surface area contributed by atoms with Gasteiger partial charge in [-0.2, -0.15) is 0 Å². The number of hydrogen-bond donors (Lipinski definition) is 3. The maximum atomic E-state index is 12.9. The molecule has 0 bridgehead atoms. The summed E-state index contributed by atoms with van der Waals surface area (Å²) in [4.78, 5) is 12.9. The van der Waals surface area contributed by atoms with Crippen LogP contribution in [0.15, 0.2) is 6.07 Å². The van der Waals surface area contributed by atoms with Crippen molar-refractivity contribution in [1.82, 2.24) is 0 Å². The standard InChI is InChI=1S/C43H78O5/c1-3-5-7-9-11-13-15-17-19-21-23-25-27-29-31-33-35-38-39(37-40(44)42(46)41(38)45)43(47)48-36-34-32-30-28-26-24-22-20-18-16-14-12-10-8-6-4-2/h37,44-46H,3-36H2,1-2H3. The van der Waals surface area contributed by atoms with Gasteiger partial charge < -0.3 is 20.1 Å². The molecule has 0 fully saturated rings. The van der Waals surface area contributed by atoms with Crippen molar-refractivity contribution >= 4 is 5.97 Å². The number of aromatic hydroxyl groups is 3. The fourth-order valence-electron chi connectivity index (χ4n) is 6.86. The van der Waals surface area contributed by atoms with E-state index >= 15 is 0 Å². The maximum absolute atomic E-state index is 12.9. The Morgan fingerprint density at radius 1 is 0.458 bits per heavy atom. The number of carbonyl (C=O) groups is 1. The fourth-order valence-corrected chi connectivity index (χ4v) is 6.86. The highest BCUT2D eigenvalue weighted by molar-refractivity contribution is 5.93. The van der Waals surface area contributed by atoms with Crippen molar-refractivity contribution in [3.05, 3.63) is 17.2 Å². The highest BCUT2D eigenvalue weighted by Gasteiger charge is 2.22. The molecule has 0 aromatic heterocycles. The Morgan fingerprint density at radius 3 is 1.12 bits per heavy atom. The molecule has 1 rings (SSSR count). The van der Waals surface area contributed by atoms with E-state index in [2.05, 4.69) is 13.8 Å². The van der Waals surface area contributed by atoms with Crippen molar-refractivity contribution in [2.24, 2.45) is 0 Å². The van der Waals surface area contributed by atoms with E-state index in [1.807, 2.05) is 0 Å². The molecule has 0 aliphatic carbocycles. The number of phenols is 3. The number of esters is 1. The van der Waals surface area contributed by atoms with E-state index in [0.29, 0.717) is 18.6 Å². The van der Waals surface area contributed by atoms with Gasteiger partial charge in [0.05, 0.1) is 12.2 Å². The lowest BCUT2D eigenvalue weighted by molar-refractivity contribution is 0.0495. The summed E-state index contributed by atoms with van der Waals surface area (Å²) in [5, 5.41) is 30.7. The molecule has 0 atom stereocenters. The van der Waals surface area contributed by atoms with Crippen molar-refractivity contribution in [3.8, 4) is 17.2 Å². The number of rotatable bonds is 35. The second-order valence-electron chi connectivity index (χ2n) is 14.6. The second-order valence-corrected chi connectivity index (χ2v) is 14.6. The number of hydrogen-bond acceptors (Lipinski definition) is 5. The van der Waals surface area contributed by atoms with E-state index in [1.165, 1.54) is 173 Å². The van der Waals surface area contributed by atoms with Crippen LogP contribution >= 0.6 is 0 Å². The van der Waals surface area contributed by atoms with Crippen molar-refractivity contribution in [3.63, 3.8) is 0 Å². The zero-order chi connectivity index (χ0) is 34.9. The predicted molar refractivity (Wildman–Crippen MR) is 205 cm³/mol. The van der Waals surface area contributed by atoms with Crippen LogP contribution in [0.1, 0.15) is 235 Å². The first-order valence-corrected chi connectivity index (χ1v) is 21.0. The highest BCUT2D eigenvalue weighted by atomic mass is 16.5. The summed E-state index contributed by atoms with van der Waals surface area (Å²) < 4.78 is 5.53. The van der Waals surface area contributed by atoms with E-state index in [1.54, 1.807) is 0 Å². The lowest BCUT2D eigenvalue weighted by Crippen LogP contribution is -2.10.